The normalized spacial score (nSPS) is 14.2. The second-order valence-electron chi connectivity index (χ2n) is 4.98. The van der Waals surface area contributed by atoms with Crippen LogP contribution in [0.2, 0.25) is 0 Å². The van der Waals surface area contributed by atoms with Gasteiger partial charge in [-0.2, -0.15) is 0 Å². The Bertz CT molecular complexity index is 225. The molecule has 2 heteroatoms. The number of amides is 1. The van der Waals surface area contributed by atoms with Gasteiger partial charge in [-0.05, 0) is 24.3 Å². The molecular weight excluding hydrogens is 198 g/mol. The van der Waals surface area contributed by atoms with Crippen molar-refractivity contribution in [2.45, 2.75) is 52.9 Å². The van der Waals surface area contributed by atoms with Crippen molar-refractivity contribution in [1.29, 1.82) is 0 Å². The third-order valence-corrected chi connectivity index (χ3v) is 3.59. The predicted octanol–water partition coefficient (Wildman–Crippen LogP) is 3.63. The van der Waals surface area contributed by atoms with Crippen molar-refractivity contribution in [3.05, 3.63) is 12.7 Å². The number of likely N-dealkylation sites (N-methyl/N-ethyl adjacent to an activating group) is 1. The Balaban J connectivity index is 4.11. The van der Waals surface area contributed by atoms with E-state index < -0.39 is 0 Å². The highest BCUT2D eigenvalue weighted by molar-refractivity contribution is 5.86. The van der Waals surface area contributed by atoms with Gasteiger partial charge in [-0.1, -0.05) is 46.6 Å². The minimum absolute atomic E-state index is 0.0222. The zero-order chi connectivity index (χ0) is 12.6. The minimum atomic E-state index is 0.0222. The summed E-state index contributed by atoms with van der Waals surface area (Å²) in [5.41, 5.74) is 0.381. The molecule has 1 unspecified atom stereocenters. The van der Waals surface area contributed by atoms with Gasteiger partial charge in [-0.15, -0.1) is 0 Å². The van der Waals surface area contributed by atoms with Gasteiger partial charge in [0, 0.05) is 13.6 Å². The van der Waals surface area contributed by atoms with Crippen molar-refractivity contribution < 1.29 is 4.79 Å². The Labute approximate surface area is 101 Å². The monoisotopic (exact) mass is 225 g/mol. The molecule has 0 bridgehead atoms. The van der Waals surface area contributed by atoms with Crippen molar-refractivity contribution in [2.24, 2.45) is 5.41 Å². The zero-order valence-corrected chi connectivity index (χ0v) is 11.4. The molecule has 1 atom stereocenters. The lowest BCUT2D eigenvalue weighted by Crippen LogP contribution is -2.30. The maximum Gasteiger partial charge on any atom is 0.245 e. The molecule has 0 spiro atoms. The van der Waals surface area contributed by atoms with E-state index in [0.717, 1.165) is 13.0 Å². The Morgan fingerprint density at radius 2 is 2.00 bits per heavy atom. The van der Waals surface area contributed by atoms with Gasteiger partial charge in [0.05, 0.1) is 0 Å². The van der Waals surface area contributed by atoms with E-state index in [0.29, 0.717) is 5.41 Å². The van der Waals surface area contributed by atoms with E-state index in [2.05, 4.69) is 27.4 Å². The average molecular weight is 225 g/mol. The molecule has 0 aliphatic carbocycles. The maximum absolute atomic E-state index is 11.3. The van der Waals surface area contributed by atoms with Crippen LogP contribution in [0.3, 0.4) is 0 Å². The Morgan fingerprint density at radius 3 is 2.44 bits per heavy atom. The number of carbonyl (C=O) groups is 1. The number of unbranched alkanes of at least 4 members (excludes halogenated alkanes) is 1. The third-order valence-electron chi connectivity index (χ3n) is 3.59. The third kappa shape index (κ3) is 5.34. The van der Waals surface area contributed by atoms with E-state index >= 15 is 0 Å². The molecule has 0 aromatic carbocycles. The van der Waals surface area contributed by atoms with Crippen molar-refractivity contribution in [1.82, 2.24) is 4.90 Å². The minimum Gasteiger partial charge on any atom is -0.342 e. The second kappa shape index (κ2) is 7.48. The first kappa shape index (κ1) is 15.2. The highest BCUT2D eigenvalue weighted by Crippen LogP contribution is 2.32. The molecule has 0 radical (unpaired) electrons. The smallest absolute Gasteiger partial charge is 0.245 e. The molecule has 0 aromatic rings. The van der Waals surface area contributed by atoms with Gasteiger partial charge in [0.2, 0.25) is 5.91 Å². The van der Waals surface area contributed by atoms with E-state index in [9.17, 15) is 4.79 Å². The van der Waals surface area contributed by atoms with Crippen LogP contribution >= 0.6 is 0 Å². The molecule has 2 nitrogen and oxygen atoms in total. The molecule has 0 heterocycles. The highest BCUT2D eigenvalue weighted by Gasteiger charge is 2.22. The van der Waals surface area contributed by atoms with Crippen molar-refractivity contribution in [3.8, 4) is 0 Å². The molecule has 0 saturated heterocycles. The second-order valence-corrected chi connectivity index (χ2v) is 4.98. The first-order valence-electron chi connectivity index (χ1n) is 6.36. The fourth-order valence-corrected chi connectivity index (χ4v) is 1.79. The molecule has 0 fully saturated rings. The number of carbonyl (C=O) groups excluding carboxylic acids is 1. The van der Waals surface area contributed by atoms with E-state index in [-0.39, 0.29) is 5.91 Å². The number of rotatable bonds is 8. The zero-order valence-electron chi connectivity index (χ0n) is 11.4. The molecule has 0 rings (SSSR count). The van der Waals surface area contributed by atoms with Crippen molar-refractivity contribution in [3.63, 3.8) is 0 Å². The van der Waals surface area contributed by atoms with Gasteiger partial charge in [0.25, 0.3) is 0 Å². The summed E-state index contributed by atoms with van der Waals surface area (Å²) >= 11 is 0. The van der Waals surface area contributed by atoms with Crippen LogP contribution in [0.5, 0.6) is 0 Å². The standard InChI is InChI=1S/C14H27NO/c1-6-9-10-14(4,8-3)11-12-15(5)13(16)7-2/h7H,2,6,8-12H2,1,3-5H3. The van der Waals surface area contributed by atoms with E-state index in [1.807, 2.05) is 7.05 Å². The molecule has 16 heavy (non-hydrogen) atoms. The van der Waals surface area contributed by atoms with Crippen molar-refractivity contribution >= 4 is 5.91 Å². The average Bonchev–Trinajstić information content (AvgIpc) is 2.32. The molecule has 1 amide bonds. The molecule has 0 aliphatic heterocycles. The largest absolute Gasteiger partial charge is 0.342 e. The first-order valence-corrected chi connectivity index (χ1v) is 6.36. The van der Waals surface area contributed by atoms with Crippen LogP contribution in [0.1, 0.15) is 52.9 Å². The van der Waals surface area contributed by atoms with E-state index in [4.69, 9.17) is 0 Å². The fraction of sp³-hybridized carbons (Fsp3) is 0.786. The molecule has 0 aromatic heterocycles. The topological polar surface area (TPSA) is 20.3 Å². The van der Waals surface area contributed by atoms with Gasteiger partial charge in [0.15, 0.2) is 0 Å². The quantitative estimate of drug-likeness (QED) is 0.578. The predicted molar refractivity (Wildman–Crippen MR) is 70.4 cm³/mol. The Morgan fingerprint density at radius 1 is 1.38 bits per heavy atom. The van der Waals surface area contributed by atoms with Gasteiger partial charge >= 0.3 is 0 Å². The van der Waals surface area contributed by atoms with Crippen LogP contribution < -0.4 is 0 Å². The van der Waals surface area contributed by atoms with Crippen LogP contribution in [0.25, 0.3) is 0 Å². The van der Waals surface area contributed by atoms with E-state index in [1.54, 1.807) is 4.90 Å². The Hall–Kier alpha value is -0.790. The van der Waals surface area contributed by atoms with Crippen LogP contribution in [0.15, 0.2) is 12.7 Å². The van der Waals surface area contributed by atoms with E-state index in [1.165, 1.54) is 31.8 Å². The van der Waals surface area contributed by atoms with Crippen LogP contribution in [0, 0.1) is 5.41 Å². The fourth-order valence-electron chi connectivity index (χ4n) is 1.79. The summed E-state index contributed by atoms with van der Waals surface area (Å²) in [6, 6.07) is 0. The lowest BCUT2D eigenvalue weighted by Gasteiger charge is -2.30. The summed E-state index contributed by atoms with van der Waals surface area (Å²) < 4.78 is 0. The summed E-state index contributed by atoms with van der Waals surface area (Å²) in [7, 11) is 1.85. The molecular formula is C14H27NO. The van der Waals surface area contributed by atoms with Gasteiger partial charge < -0.3 is 4.90 Å². The number of hydrogen-bond acceptors (Lipinski definition) is 1. The maximum atomic E-state index is 11.3. The molecule has 0 saturated carbocycles. The van der Waals surface area contributed by atoms with Crippen LogP contribution in [0.4, 0.5) is 0 Å². The van der Waals surface area contributed by atoms with Gasteiger partial charge in [-0.3, -0.25) is 4.79 Å². The first-order chi connectivity index (χ1) is 7.49. The molecule has 94 valence electrons. The highest BCUT2D eigenvalue weighted by atomic mass is 16.2. The van der Waals surface area contributed by atoms with Gasteiger partial charge in [0.1, 0.15) is 0 Å². The summed E-state index contributed by atoms with van der Waals surface area (Å²) in [6.07, 6.45) is 7.44. The number of hydrogen-bond donors (Lipinski definition) is 0. The Kier molecular flexibility index (Phi) is 7.11. The van der Waals surface area contributed by atoms with Crippen LogP contribution in [-0.2, 0) is 4.79 Å². The molecule has 0 aliphatic rings. The summed E-state index contributed by atoms with van der Waals surface area (Å²) in [5, 5.41) is 0. The molecule has 0 N–H and O–H groups in total. The van der Waals surface area contributed by atoms with Crippen LogP contribution in [-0.4, -0.2) is 24.4 Å². The summed E-state index contributed by atoms with van der Waals surface area (Å²) in [5.74, 6) is 0.0222. The summed E-state index contributed by atoms with van der Waals surface area (Å²) in [4.78, 5) is 13.1. The SMILES string of the molecule is C=CC(=O)N(C)CCC(C)(CC)CCCC. The van der Waals surface area contributed by atoms with Gasteiger partial charge in [-0.25, -0.2) is 0 Å². The number of nitrogens with zero attached hydrogens (tertiary/aromatic N) is 1. The lowest BCUT2D eigenvalue weighted by molar-refractivity contribution is -0.125. The lowest BCUT2D eigenvalue weighted by atomic mass is 9.79. The van der Waals surface area contributed by atoms with Crippen molar-refractivity contribution in [2.75, 3.05) is 13.6 Å². The summed E-state index contributed by atoms with van der Waals surface area (Å²) in [6.45, 7) is 11.1.